The number of hydrogen-bond donors (Lipinski definition) is 1. The zero-order valence-electron chi connectivity index (χ0n) is 11.7. The summed E-state index contributed by atoms with van der Waals surface area (Å²) in [5.41, 5.74) is 3.78. The smallest absolute Gasteiger partial charge is 0.223 e. The number of carbonyl (C=O) groups is 1. The summed E-state index contributed by atoms with van der Waals surface area (Å²) in [4.78, 5) is 14.2. The Bertz CT molecular complexity index is 592. The van der Waals surface area contributed by atoms with Gasteiger partial charge in [-0.15, -0.1) is 0 Å². The number of aryl methyl sites for hydroxylation is 2. The molecule has 4 heteroatoms. The lowest BCUT2D eigenvalue weighted by Crippen LogP contribution is -2.30. The van der Waals surface area contributed by atoms with Crippen LogP contribution in [0, 0.1) is 0 Å². The molecule has 0 fully saturated rings. The minimum Gasteiger partial charge on any atom is -0.339 e. The lowest BCUT2D eigenvalue weighted by Gasteiger charge is -2.25. The third kappa shape index (κ3) is 2.46. The number of H-pyrrole nitrogens is 1. The van der Waals surface area contributed by atoms with Gasteiger partial charge in [0.15, 0.2) is 0 Å². The molecule has 104 valence electrons. The average Bonchev–Trinajstić information content (AvgIpc) is 3.13. The second-order valence-electron chi connectivity index (χ2n) is 5.36. The molecule has 1 aromatic carbocycles. The summed E-state index contributed by atoms with van der Waals surface area (Å²) in [6.45, 7) is 0. The Morgan fingerprint density at radius 2 is 2.30 bits per heavy atom. The van der Waals surface area contributed by atoms with Crippen molar-refractivity contribution in [3.8, 4) is 0 Å². The SMILES string of the molecule is CN(C(=O)CCc1cn[nH]c1)C1CCc2ccccc21. The molecule has 0 aliphatic heterocycles. The Labute approximate surface area is 118 Å². The molecule has 1 N–H and O–H groups in total. The van der Waals surface area contributed by atoms with Crippen molar-refractivity contribution in [2.24, 2.45) is 0 Å². The lowest BCUT2D eigenvalue weighted by molar-refractivity contribution is -0.132. The van der Waals surface area contributed by atoms with Gasteiger partial charge in [0.1, 0.15) is 0 Å². The van der Waals surface area contributed by atoms with E-state index in [1.54, 1.807) is 6.20 Å². The molecule has 0 radical (unpaired) electrons. The number of carbonyl (C=O) groups excluding carboxylic acids is 1. The largest absolute Gasteiger partial charge is 0.339 e. The van der Waals surface area contributed by atoms with E-state index in [-0.39, 0.29) is 11.9 Å². The van der Waals surface area contributed by atoms with Crippen LogP contribution in [0.3, 0.4) is 0 Å². The van der Waals surface area contributed by atoms with E-state index in [4.69, 9.17) is 0 Å². The first kappa shape index (κ1) is 12.9. The molecule has 1 unspecified atom stereocenters. The summed E-state index contributed by atoms with van der Waals surface area (Å²) in [5, 5.41) is 6.68. The minimum absolute atomic E-state index is 0.202. The van der Waals surface area contributed by atoms with Gasteiger partial charge in [0.25, 0.3) is 0 Å². The number of aromatic nitrogens is 2. The first-order chi connectivity index (χ1) is 9.75. The van der Waals surface area contributed by atoms with Crippen LogP contribution >= 0.6 is 0 Å². The second kappa shape index (κ2) is 5.49. The average molecular weight is 269 g/mol. The third-order valence-electron chi connectivity index (χ3n) is 4.14. The van der Waals surface area contributed by atoms with Gasteiger partial charge in [-0.3, -0.25) is 9.89 Å². The van der Waals surface area contributed by atoms with E-state index in [1.165, 1.54) is 11.1 Å². The van der Waals surface area contributed by atoms with E-state index in [0.717, 1.165) is 24.8 Å². The molecule has 1 aliphatic carbocycles. The Morgan fingerprint density at radius 1 is 1.45 bits per heavy atom. The van der Waals surface area contributed by atoms with Gasteiger partial charge in [-0.25, -0.2) is 0 Å². The molecule has 20 heavy (non-hydrogen) atoms. The van der Waals surface area contributed by atoms with Crippen LogP contribution in [-0.2, 0) is 17.6 Å². The molecule has 0 saturated heterocycles. The van der Waals surface area contributed by atoms with Crippen LogP contribution in [0.4, 0.5) is 0 Å². The molecule has 1 aliphatic rings. The van der Waals surface area contributed by atoms with Crippen molar-refractivity contribution in [2.75, 3.05) is 7.05 Å². The van der Waals surface area contributed by atoms with E-state index in [0.29, 0.717) is 6.42 Å². The predicted octanol–water partition coefficient (Wildman–Crippen LogP) is 2.49. The molecule has 0 spiro atoms. The number of fused-ring (bicyclic) bond motifs is 1. The molecular formula is C16H19N3O. The summed E-state index contributed by atoms with van der Waals surface area (Å²) in [6, 6.07) is 8.68. The van der Waals surface area contributed by atoms with Crippen molar-refractivity contribution < 1.29 is 4.79 Å². The number of nitrogens with zero attached hydrogens (tertiary/aromatic N) is 2. The number of aromatic amines is 1. The van der Waals surface area contributed by atoms with Gasteiger partial charge in [-0.2, -0.15) is 5.10 Å². The van der Waals surface area contributed by atoms with Crippen LogP contribution in [-0.4, -0.2) is 28.1 Å². The first-order valence-electron chi connectivity index (χ1n) is 7.07. The van der Waals surface area contributed by atoms with Crippen LogP contribution in [0.15, 0.2) is 36.7 Å². The molecule has 1 aromatic heterocycles. The molecule has 1 amide bonds. The molecule has 4 nitrogen and oxygen atoms in total. The maximum absolute atomic E-state index is 12.3. The van der Waals surface area contributed by atoms with Crippen molar-refractivity contribution >= 4 is 5.91 Å². The van der Waals surface area contributed by atoms with E-state index in [2.05, 4.69) is 34.5 Å². The fraction of sp³-hybridized carbons (Fsp3) is 0.375. The van der Waals surface area contributed by atoms with Crippen LogP contribution < -0.4 is 0 Å². The van der Waals surface area contributed by atoms with Crippen molar-refractivity contribution in [1.29, 1.82) is 0 Å². The van der Waals surface area contributed by atoms with Crippen molar-refractivity contribution in [2.45, 2.75) is 31.7 Å². The normalized spacial score (nSPS) is 16.9. The maximum atomic E-state index is 12.3. The van der Waals surface area contributed by atoms with Crippen molar-refractivity contribution in [3.05, 3.63) is 53.3 Å². The number of benzene rings is 1. The standard InChI is InChI=1S/C16H19N3O/c1-19(16(20)9-6-12-10-17-18-11-12)15-8-7-13-4-2-3-5-14(13)15/h2-5,10-11,15H,6-9H2,1H3,(H,17,18). The molecule has 0 saturated carbocycles. The second-order valence-corrected chi connectivity index (χ2v) is 5.36. The van der Waals surface area contributed by atoms with Crippen LogP contribution in [0.5, 0.6) is 0 Å². The minimum atomic E-state index is 0.202. The Morgan fingerprint density at radius 3 is 3.10 bits per heavy atom. The molecular weight excluding hydrogens is 250 g/mol. The van der Waals surface area contributed by atoms with Crippen molar-refractivity contribution in [1.82, 2.24) is 15.1 Å². The zero-order valence-corrected chi connectivity index (χ0v) is 11.7. The first-order valence-corrected chi connectivity index (χ1v) is 7.07. The quantitative estimate of drug-likeness (QED) is 0.927. The summed E-state index contributed by atoms with van der Waals surface area (Å²) < 4.78 is 0. The molecule has 2 aromatic rings. The van der Waals surface area contributed by atoms with Gasteiger partial charge < -0.3 is 4.90 Å². The summed E-state index contributed by atoms with van der Waals surface area (Å²) in [6.07, 6.45) is 7.01. The monoisotopic (exact) mass is 269 g/mol. The summed E-state index contributed by atoms with van der Waals surface area (Å²) in [7, 11) is 1.92. The van der Waals surface area contributed by atoms with Gasteiger partial charge in [-0.05, 0) is 36.0 Å². The van der Waals surface area contributed by atoms with Crippen LogP contribution in [0.25, 0.3) is 0 Å². The number of nitrogens with one attached hydrogen (secondary N) is 1. The highest BCUT2D eigenvalue weighted by Crippen LogP contribution is 2.35. The third-order valence-corrected chi connectivity index (χ3v) is 4.14. The highest BCUT2D eigenvalue weighted by atomic mass is 16.2. The fourth-order valence-corrected chi connectivity index (χ4v) is 2.95. The van der Waals surface area contributed by atoms with Gasteiger partial charge in [0, 0.05) is 19.7 Å². The van der Waals surface area contributed by atoms with Gasteiger partial charge in [0.05, 0.1) is 12.2 Å². The highest BCUT2D eigenvalue weighted by Gasteiger charge is 2.27. The van der Waals surface area contributed by atoms with Gasteiger partial charge in [-0.1, -0.05) is 24.3 Å². The number of amides is 1. The van der Waals surface area contributed by atoms with E-state index in [9.17, 15) is 4.79 Å². The Kier molecular flexibility index (Phi) is 3.54. The van der Waals surface area contributed by atoms with Gasteiger partial charge in [0.2, 0.25) is 5.91 Å². The van der Waals surface area contributed by atoms with Crippen LogP contribution in [0.1, 0.15) is 35.6 Å². The van der Waals surface area contributed by atoms with E-state index in [1.807, 2.05) is 18.1 Å². The lowest BCUT2D eigenvalue weighted by atomic mass is 10.1. The zero-order chi connectivity index (χ0) is 13.9. The van der Waals surface area contributed by atoms with Crippen molar-refractivity contribution in [3.63, 3.8) is 0 Å². The Hall–Kier alpha value is -2.10. The number of rotatable bonds is 4. The highest BCUT2D eigenvalue weighted by molar-refractivity contribution is 5.77. The maximum Gasteiger partial charge on any atom is 0.223 e. The summed E-state index contributed by atoms with van der Waals surface area (Å²) >= 11 is 0. The molecule has 3 rings (SSSR count). The Balaban J connectivity index is 1.64. The van der Waals surface area contributed by atoms with E-state index < -0.39 is 0 Å². The van der Waals surface area contributed by atoms with E-state index >= 15 is 0 Å². The van der Waals surface area contributed by atoms with Gasteiger partial charge >= 0.3 is 0 Å². The summed E-state index contributed by atoms with van der Waals surface area (Å²) in [5.74, 6) is 0.202. The predicted molar refractivity (Wildman–Crippen MR) is 77.2 cm³/mol. The fourth-order valence-electron chi connectivity index (χ4n) is 2.95. The molecule has 1 atom stereocenters. The number of hydrogen-bond acceptors (Lipinski definition) is 2. The topological polar surface area (TPSA) is 49.0 Å². The van der Waals surface area contributed by atoms with Crippen LogP contribution in [0.2, 0.25) is 0 Å². The molecule has 0 bridgehead atoms. The molecule has 1 heterocycles.